The van der Waals surface area contributed by atoms with Crippen LogP contribution < -0.4 is 14.4 Å². The van der Waals surface area contributed by atoms with Gasteiger partial charge < -0.3 is 14.6 Å². The second-order valence-electron chi connectivity index (χ2n) is 8.87. The van der Waals surface area contributed by atoms with Gasteiger partial charge >= 0.3 is 0 Å². The molecule has 3 aromatic carbocycles. The molecule has 7 heteroatoms. The molecule has 1 aromatic heterocycles. The van der Waals surface area contributed by atoms with Gasteiger partial charge in [0.2, 0.25) is 0 Å². The molecule has 0 radical (unpaired) electrons. The summed E-state index contributed by atoms with van der Waals surface area (Å²) in [6.45, 7) is 4.65. The first kappa shape index (κ1) is 25.3. The van der Waals surface area contributed by atoms with Crippen molar-refractivity contribution in [1.82, 2.24) is 0 Å². The lowest BCUT2D eigenvalue weighted by Crippen LogP contribution is -2.29. The van der Waals surface area contributed by atoms with Crippen LogP contribution in [0.5, 0.6) is 11.5 Å². The number of hydrogen-bond acceptors (Lipinski definition) is 6. The maximum Gasteiger partial charge on any atom is 0.300 e. The van der Waals surface area contributed by atoms with Crippen molar-refractivity contribution in [1.29, 1.82) is 0 Å². The predicted molar refractivity (Wildman–Crippen MR) is 149 cm³/mol. The van der Waals surface area contributed by atoms with E-state index in [1.165, 1.54) is 16.2 Å². The highest BCUT2D eigenvalue weighted by Gasteiger charge is 2.47. The first-order valence-electron chi connectivity index (χ1n) is 12.3. The molecule has 2 heterocycles. The minimum absolute atomic E-state index is 0.0524. The molecule has 6 nitrogen and oxygen atoms in total. The summed E-state index contributed by atoms with van der Waals surface area (Å²) in [5.74, 6) is -0.377. The number of amides is 1. The Labute approximate surface area is 225 Å². The average molecular weight is 526 g/mol. The van der Waals surface area contributed by atoms with E-state index in [0.29, 0.717) is 36.0 Å². The maximum absolute atomic E-state index is 13.4. The fourth-order valence-corrected chi connectivity index (χ4v) is 5.38. The first-order chi connectivity index (χ1) is 18.5. The molecule has 1 unspecified atom stereocenters. The molecule has 5 rings (SSSR count). The monoisotopic (exact) mass is 525 g/mol. The minimum atomic E-state index is -0.763. The molecule has 1 fully saturated rings. The van der Waals surface area contributed by atoms with E-state index in [0.717, 1.165) is 16.0 Å². The number of carbonyl (C=O) groups is 2. The Morgan fingerprint density at radius 3 is 2.47 bits per heavy atom. The summed E-state index contributed by atoms with van der Waals surface area (Å²) in [5, 5.41) is 13.3. The number of aliphatic hydroxyl groups excluding tert-OH is 1. The topological polar surface area (TPSA) is 76.1 Å². The van der Waals surface area contributed by atoms with Crippen molar-refractivity contribution < 1.29 is 24.2 Å². The van der Waals surface area contributed by atoms with Gasteiger partial charge in [-0.1, -0.05) is 42.5 Å². The number of benzene rings is 3. The molecule has 1 aliphatic heterocycles. The molecule has 0 spiro atoms. The van der Waals surface area contributed by atoms with Crippen LogP contribution in [0.15, 0.2) is 95.9 Å². The highest BCUT2D eigenvalue weighted by molar-refractivity contribution is 7.10. The Morgan fingerprint density at radius 1 is 0.947 bits per heavy atom. The third-order valence-electron chi connectivity index (χ3n) is 6.35. The molecule has 1 atom stereocenters. The van der Waals surface area contributed by atoms with Gasteiger partial charge in [-0.15, -0.1) is 11.3 Å². The van der Waals surface area contributed by atoms with Gasteiger partial charge in [-0.2, -0.15) is 0 Å². The summed E-state index contributed by atoms with van der Waals surface area (Å²) in [6.07, 6.45) is 0. The van der Waals surface area contributed by atoms with Crippen LogP contribution in [0.4, 0.5) is 5.69 Å². The zero-order valence-corrected chi connectivity index (χ0v) is 21.9. The molecular formula is C31H27NO5S. The number of hydrogen-bond donors (Lipinski definition) is 1. The van der Waals surface area contributed by atoms with Gasteiger partial charge in [-0.25, -0.2) is 0 Å². The van der Waals surface area contributed by atoms with Gasteiger partial charge in [-0.3, -0.25) is 14.5 Å². The zero-order valence-electron chi connectivity index (χ0n) is 21.1. The van der Waals surface area contributed by atoms with Crippen molar-refractivity contribution in [3.8, 4) is 11.5 Å². The number of rotatable bonds is 8. The largest absolute Gasteiger partial charge is 0.507 e. The van der Waals surface area contributed by atoms with Crippen LogP contribution in [-0.2, 0) is 16.2 Å². The molecule has 1 amide bonds. The number of aliphatic hydroxyl groups is 1. The average Bonchev–Trinajstić information content (AvgIpc) is 3.55. The smallest absolute Gasteiger partial charge is 0.300 e. The van der Waals surface area contributed by atoms with Crippen LogP contribution in [0.25, 0.3) is 5.76 Å². The van der Waals surface area contributed by atoms with E-state index >= 15 is 0 Å². The number of thiophene rings is 1. The van der Waals surface area contributed by atoms with Gasteiger partial charge in [0.25, 0.3) is 11.7 Å². The summed E-state index contributed by atoms with van der Waals surface area (Å²) >= 11 is 1.42. The van der Waals surface area contributed by atoms with Crippen molar-refractivity contribution in [2.45, 2.75) is 26.5 Å². The maximum atomic E-state index is 13.4. The van der Waals surface area contributed by atoms with Crippen molar-refractivity contribution in [2.75, 3.05) is 11.5 Å². The highest BCUT2D eigenvalue weighted by atomic mass is 32.1. The number of nitrogens with zero attached hydrogens (tertiary/aromatic N) is 1. The minimum Gasteiger partial charge on any atom is -0.507 e. The Morgan fingerprint density at radius 2 is 1.76 bits per heavy atom. The Bertz CT molecular complexity index is 1490. The lowest BCUT2D eigenvalue weighted by Gasteiger charge is -2.24. The van der Waals surface area contributed by atoms with E-state index in [1.54, 1.807) is 42.5 Å². The number of ether oxygens (including phenoxy) is 2. The molecule has 0 bridgehead atoms. The van der Waals surface area contributed by atoms with Gasteiger partial charge in [0.1, 0.15) is 29.9 Å². The van der Waals surface area contributed by atoms with Crippen molar-refractivity contribution >= 4 is 34.5 Å². The number of ketones is 1. The van der Waals surface area contributed by atoms with Crippen molar-refractivity contribution in [3.05, 3.63) is 117 Å². The fourth-order valence-electron chi connectivity index (χ4n) is 4.55. The number of anilines is 1. The van der Waals surface area contributed by atoms with E-state index < -0.39 is 17.7 Å². The molecule has 1 saturated heterocycles. The van der Waals surface area contributed by atoms with Crippen molar-refractivity contribution in [3.63, 3.8) is 0 Å². The normalized spacial score (nSPS) is 16.6. The van der Waals surface area contributed by atoms with Gasteiger partial charge in [0.05, 0.1) is 12.2 Å². The van der Waals surface area contributed by atoms with Crippen LogP contribution in [-0.4, -0.2) is 23.4 Å². The number of carbonyl (C=O) groups excluding carboxylic acids is 2. The Hall–Kier alpha value is -4.36. The highest BCUT2D eigenvalue weighted by Crippen LogP contribution is 2.44. The molecule has 38 heavy (non-hydrogen) atoms. The predicted octanol–water partition coefficient (Wildman–Crippen LogP) is 6.66. The van der Waals surface area contributed by atoms with E-state index in [-0.39, 0.29) is 11.3 Å². The fraction of sp³-hybridized carbons (Fsp3) is 0.161. The molecule has 0 aliphatic carbocycles. The van der Waals surface area contributed by atoms with Crippen LogP contribution in [0.1, 0.15) is 34.5 Å². The second kappa shape index (κ2) is 10.9. The zero-order chi connectivity index (χ0) is 26.6. The SMILES string of the molecule is CCOc1cccc(N2C(=O)C(=O)/C(=C(\O)c3ccc(OCc4ccccc4)c(C)c3)C2c2cccs2)c1. The molecular weight excluding hydrogens is 498 g/mol. The van der Waals surface area contributed by atoms with Crippen LogP contribution in [0.3, 0.4) is 0 Å². The summed E-state index contributed by atoms with van der Waals surface area (Å²) in [6, 6.07) is 25.1. The number of aryl methyl sites for hydroxylation is 1. The van der Waals surface area contributed by atoms with Gasteiger partial charge in [0.15, 0.2) is 0 Å². The lowest BCUT2D eigenvalue weighted by molar-refractivity contribution is -0.132. The third kappa shape index (κ3) is 4.93. The van der Waals surface area contributed by atoms with Crippen LogP contribution >= 0.6 is 11.3 Å². The molecule has 192 valence electrons. The molecule has 4 aromatic rings. The van der Waals surface area contributed by atoms with E-state index in [4.69, 9.17) is 9.47 Å². The van der Waals surface area contributed by atoms with Crippen molar-refractivity contribution in [2.24, 2.45) is 0 Å². The summed E-state index contributed by atoms with van der Waals surface area (Å²) in [7, 11) is 0. The van der Waals surface area contributed by atoms with Crippen LogP contribution in [0.2, 0.25) is 0 Å². The summed E-state index contributed by atoms with van der Waals surface area (Å²) < 4.78 is 11.6. The van der Waals surface area contributed by atoms with E-state index in [9.17, 15) is 14.7 Å². The van der Waals surface area contributed by atoms with E-state index in [1.807, 2.05) is 61.7 Å². The second-order valence-corrected chi connectivity index (χ2v) is 9.85. The van der Waals surface area contributed by atoms with E-state index in [2.05, 4.69) is 0 Å². The van der Waals surface area contributed by atoms with Gasteiger partial charge in [-0.05, 0) is 66.8 Å². The summed E-state index contributed by atoms with van der Waals surface area (Å²) in [4.78, 5) is 28.9. The standard InChI is InChI=1S/C31H27NO5S/c1-3-36-24-12-7-11-23(18-24)32-28(26-13-8-16-38-26)27(30(34)31(32)35)29(33)22-14-15-25(20(2)17-22)37-19-21-9-5-4-6-10-21/h4-18,28,33H,3,19H2,1-2H3/b29-27-. The van der Waals surface area contributed by atoms with Gasteiger partial charge in [0, 0.05) is 22.2 Å². The molecule has 1 aliphatic rings. The Kier molecular flexibility index (Phi) is 7.29. The Balaban J connectivity index is 1.52. The molecule has 1 N–H and O–H groups in total. The van der Waals surface area contributed by atoms with Crippen LogP contribution in [0, 0.1) is 6.92 Å². The first-order valence-corrected chi connectivity index (χ1v) is 13.2. The third-order valence-corrected chi connectivity index (χ3v) is 7.27. The quantitative estimate of drug-likeness (QED) is 0.158. The molecule has 0 saturated carbocycles. The lowest BCUT2D eigenvalue weighted by atomic mass is 9.98. The number of Topliss-reactive ketones (excluding diaryl/α,β-unsaturated/α-hetero) is 1. The summed E-state index contributed by atoms with van der Waals surface area (Å²) in [5.41, 5.74) is 2.87.